The molecule has 1 heterocycles. The van der Waals surface area contributed by atoms with Gasteiger partial charge >= 0.3 is 0 Å². The largest absolute Gasteiger partial charge is 0.384 e. The van der Waals surface area contributed by atoms with Crippen molar-refractivity contribution >= 4 is 11.3 Å². The van der Waals surface area contributed by atoms with Crippen molar-refractivity contribution < 1.29 is 5.11 Å². The van der Waals surface area contributed by atoms with E-state index in [9.17, 15) is 5.11 Å². The fourth-order valence-corrected chi connectivity index (χ4v) is 2.61. The Labute approximate surface area is 112 Å². The number of rotatable bonds is 5. The van der Waals surface area contributed by atoms with Crippen LogP contribution in [-0.4, -0.2) is 28.6 Å². The molecule has 0 aliphatic heterocycles. The molecule has 0 bridgehead atoms. The SMILES string of the molecule is CN(Cc1cscn1)CC(C)(O)c1ccccc1. The van der Waals surface area contributed by atoms with Crippen LogP contribution in [-0.2, 0) is 12.1 Å². The lowest BCUT2D eigenvalue weighted by molar-refractivity contribution is 0.0211. The number of aromatic nitrogens is 1. The van der Waals surface area contributed by atoms with Gasteiger partial charge in [0.1, 0.15) is 0 Å². The van der Waals surface area contributed by atoms with Gasteiger partial charge in [-0.1, -0.05) is 30.3 Å². The van der Waals surface area contributed by atoms with E-state index in [1.165, 1.54) is 0 Å². The fourth-order valence-electron chi connectivity index (χ4n) is 2.06. The summed E-state index contributed by atoms with van der Waals surface area (Å²) in [5.41, 5.74) is 2.98. The van der Waals surface area contributed by atoms with E-state index in [1.807, 2.05) is 55.2 Å². The van der Waals surface area contributed by atoms with Crippen molar-refractivity contribution in [2.75, 3.05) is 13.6 Å². The van der Waals surface area contributed by atoms with Gasteiger partial charge in [0.15, 0.2) is 0 Å². The van der Waals surface area contributed by atoms with E-state index < -0.39 is 5.60 Å². The lowest BCUT2D eigenvalue weighted by Gasteiger charge is -2.29. The highest BCUT2D eigenvalue weighted by atomic mass is 32.1. The summed E-state index contributed by atoms with van der Waals surface area (Å²) in [4.78, 5) is 6.34. The Bertz CT molecular complexity index is 468. The normalized spacial score (nSPS) is 14.7. The molecule has 4 heteroatoms. The first-order valence-electron chi connectivity index (χ1n) is 5.91. The predicted octanol–water partition coefficient (Wildman–Crippen LogP) is 2.48. The van der Waals surface area contributed by atoms with E-state index in [0.29, 0.717) is 6.54 Å². The monoisotopic (exact) mass is 262 g/mol. The van der Waals surface area contributed by atoms with Gasteiger partial charge in [0.25, 0.3) is 0 Å². The molecule has 0 spiro atoms. The van der Waals surface area contributed by atoms with E-state index in [-0.39, 0.29) is 0 Å². The van der Waals surface area contributed by atoms with Crippen LogP contribution < -0.4 is 0 Å². The average Bonchev–Trinajstić information content (AvgIpc) is 2.82. The molecule has 0 aliphatic carbocycles. The van der Waals surface area contributed by atoms with Gasteiger partial charge in [0.05, 0.1) is 16.8 Å². The number of likely N-dealkylation sites (N-methyl/N-ethyl adjacent to an activating group) is 1. The predicted molar refractivity (Wildman–Crippen MR) is 74.5 cm³/mol. The Morgan fingerprint density at radius 1 is 1.33 bits per heavy atom. The summed E-state index contributed by atoms with van der Waals surface area (Å²) in [6, 6.07) is 9.76. The molecule has 0 aliphatic rings. The number of benzene rings is 1. The van der Waals surface area contributed by atoms with Gasteiger partial charge in [0.2, 0.25) is 0 Å². The van der Waals surface area contributed by atoms with E-state index in [2.05, 4.69) is 9.88 Å². The van der Waals surface area contributed by atoms with Gasteiger partial charge in [-0.05, 0) is 19.5 Å². The zero-order chi connectivity index (χ0) is 13.0. The molecule has 1 aromatic carbocycles. The minimum Gasteiger partial charge on any atom is -0.384 e. The van der Waals surface area contributed by atoms with Gasteiger partial charge in [-0.15, -0.1) is 11.3 Å². The summed E-state index contributed by atoms with van der Waals surface area (Å²) in [6.45, 7) is 3.18. The third kappa shape index (κ3) is 3.38. The first-order valence-corrected chi connectivity index (χ1v) is 6.86. The van der Waals surface area contributed by atoms with Crippen LogP contribution in [0.4, 0.5) is 0 Å². The second kappa shape index (κ2) is 5.61. The molecule has 1 atom stereocenters. The molecular weight excluding hydrogens is 244 g/mol. The topological polar surface area (TPSA) is 36.4 Å². The third-order valence-electron chi connectivity index (χ3n) is 2.89. The molecule has 0 fully saturated rings. The van der Waals surface area contributed by atoms with E-state index in [0.717, 1.165) is 17.8 Å². The van der Waals surface area contributed by atoms with E-state index in [1.54, 1.807) is 11.3 Å². The average molecular weight is 262 g/mol. The van der Waals surface area contributed by atoms with Crippen LogP contribution in [0.5, 0.6) is 0 Å². The molecular formula is C14H18N2OS. The molecule has 1 N–H and O–H groups in total. The van der Waals surface area contributed by atoms with Gasteiger partial charge in [0, 0.05) is 18.5 Å². The molecule has 1 unspecified atom stereocenters. The number of hydrogen-bond acceptors (Lipinski definition) is 4. The number of nitrogens with zero attached hydrogens (tertiary/aromatic N) is 2. The minimum absolute atomic E-state index is 0.578. The molecule has 2 aromatic rings. The van der Waals surface area contributed by atoms with Crippen LogP contribution in [0.15, 0.2) is 41.2 Å². The van der Waals surface area contributed by atoms with E-state index in [4.69, 9.17) is 0 Å². The second-order valence-corrected chi connectivity index (χ2v) is 5.51. The van der Waals surface area contributed by atoms with E-state index >= 15 is 0 Å². The molecule has 0 radical (unpaired) electrons. The molecule has 1 aromatic heterocycles. The van der Waals surface area contributed by atoms with Crippen molar-refractivity contribution in [3.05, 3.63) is 52.5 Å². The number of hydrogen-bond donors (Lipinski definition) is 1. The van der Waals surface area contributed by atoms with Crippen LogP contribution in [0.25, 0.3) is 0 Å². The van der Waals surface area contributed by atoms with Crippen molar-refractivity contribution in [1.82, 2.24) is 9.88 Å². The summed E-state index contributed by atoms with van der Waals surface area (Å²) < 4.78 is 0. The highest BCUT2D eigenvalue weighted by Gasteiger charge is 2.24. The lowest BCUT2D eigenvalue weighted by atomic mass is 9.95. The first-order chi connectivity index (χ1) is 8.58. The first kappa shape index (κ1) is 13.2. The molecule has 96 valence electrons. The molecule has 2 rings (SSSR count). The van der Waals surface area contributed by atoms with Crippen molar-refractivity contribution in [2.24, 2.45) is 0 Å². The van der Waals surface area contributed by atoms with Crippen molar-refractivity contribution in [3.63, 3.8) is 0 Å². The van der Waals surface area contributed by atoms with Crippen molar-refractivity contribution in [2.45, 2.75) is 19.1 Å². The summed E-state index contributed by atoms with van der Waals surface area (Å²) >= 11 is 1.60. The highest BCUT2D eigenvalue weighted by molar-refractivity contribution is 7.07. The van der Waals surface area contributed by atoms with Gasteiger partial charge < -0.3 is 5.11 Å². The van der Waals surface area contributed by atoms with Gasteiger partial charge in [-0.25, -0.2) is 4.98 Å². The Morgan fingerprint density at radius 3 is 2.67 bits per heavy atom. The summed E-state index contributed by atoms with van der Waals surface area (Å²) in [7, 11) is 2.00. The second-order valence-electron chi connectivity index (χ2n) is 4.79. The summed E-state index contributed by atoms with van der Waals surface area (Å²) in [5, 5.41) is 12.6. The van der Waals surface area contributed by atoms with Crippen LogP contribution in [0.1, 0.15) is 18.2 Å². The molecule has 0 saturated carbocycles. The summed E-state index contributed by atoms with van der Waals surface area (Å²) in [6.07, 6.45) is 0. The molecule has 3 nitrogen and oxygen atoms in total. The molecule has 18 heavy (non-hydrogen) atoms. The third-order valence-corrected chi connectivity index (χ3v) is 3.52. The maximum Gasteiger partial charge on any atom is 0.0994 e. The lowest BCUT2D eigenvalue weighted by Crippen LogP contribution is -2.36. The Kier molecular flexibility index (Phi) is 4.11. The summed E-state index contributed by atoms with van der Waals surface area (Å²) in [5.74, 6) is 0. The van der Waals surface area contributed by atoms with Crippen molar-refractivity contribution in [3.8, 4) is 0 Å². The standard InChI is InChI=1S/C14H18N2OS/c1-14(17,12-6-4-3-5-7-12)10-16(2)8-13-9-18-11-15-13/h3-7,9,11,17H,8,10H2,1-2H3. The van der Waals surface area contributed by atoms with Crippen LogP contribution >= 0.6 is 11.3 Å². The van der Waals surface area contributed by atoms with Crippen LogP contribution in [0, 0.1) is 0 Å². The van der Waals surface area contributed by atoms with Gasteiger partial charge in [-0.3, -0.25) is 4.90 Å². The smallest absolute Gasteiger partial charge is 0.0994 e. The Hall–Kier alpha value is -1.23. The zero-order valence-corrected chi connectivity index (χ0v) is 11.5. The maximum atomic E-state index is 10.5. The fraction of sp³-hybridized carbons (Fsp3) is 0.357. The Balaban J connectivity index is 1.99. The highest BCUT2D eigenvalue weighted by Crippen LogP contribution is 2.21. The maximum absolute atomic E-state index is 10.5. The quantitative estimate of drug-likeness (QED) is 0.899. The molecule has 0 saturated heterocycles. The zero-order valence-electron chi connectivity index (χ0n) is 10.7. The number of thiazole rings is 1. The van der Waals surface area contributed by atoms with Crippen molar-refractivity contribution in [1.29, 1.82) is 0 Å². The van der Waals surface area contributed by atoms with Crippen LogP contribution in [0.3, 0.4) is 0 Å². The molecule has 0 amide bonds. The Morgan fingerprint density at radius 2 is 2.06 bits per heavy atom. The number of aliphatic hydroxyl groups is 1. The van der Waals surface area contributed by atoms with Crippen LogP contribution in [0.2, 0.25) is 0 Å². The van der Waals surface area contributed by atoms with Gasteiger partial charge in [-0.2, -0.15) is 0 Å². The minimum atomic E-state index is -0.841.